The molecule has 2 unspecified atom stereocenters. The van der Waals surface area contributed by atoms with Crippen LogP contribution < -0.4 is 0 Å². The number of fused-ring (bicyclic) bond motifs is 1. The molecule has 1 aromatic rings. The molecular formula is C20H27NO4. The van der Waals surface area contributed by atoms with E-state index in [-0.39, 0.29) is 18.5 Å². The van der Waals surface area contributed by atoms with E-state index in [1.807, 2.05) is 51.1 Å². The van der Waals surface area contributed by atoms with Crippen molar-refractivity contribution in [3.8, 4) is 0 Å². The highest BCUT2D eigenvalue weighted by molar-refractivity contribution is 5.83. The second kappa shape index (κ2) is 7.06. The standard InChI is InChI=1S/C20H27NO4/c1-20(2,3)25-18(22)17-16-11-7-10-15(16)12-21(17)19(23)24-13-14-8-5-4-6-9-14/h4-6,8-9,15-17H,7,10-13H2,1-3H3/t15?,16-,17?/m0/s1. The molecule has 0 radical (unpaired) electrons. The van der Waals surface area contributed by atoms with Crippen LogP contribution in [0.1, 0.15) is 45.6 Å². The molecule has 2 aliphatic rings. The van der Waals surface area contributed by atoms with Crippen molar-refractivity contribution >= 4 is 12.1 Å². The van der Waals surface area contributed by atoms with Crippen molar-refractivity contribution in [2.45, 2.75) is 58.3 Å². The first-order chi connectivity index (χ1) is 11.8. The second-order valence-electron chi connectivity index (χ2n) is 8.03. The molecule has 1 amide bonds. The van der Waals surface area contributed by atoms with Gasteiger partial charge in [-0.15, -0.1) is 0 Å². The Bertz CT molecular complexity index is 622. The molecule has 1 saturated carbocycles. The van der Waals surface area contributed by atoms with Gasteiger partial charge in [0.2, 0.25) is 0 Å². The molecule has 1 heterocycles. The fourth-order valence-corrected chi connectivity index (χ4v) is 3.96. The minimum absolute atomic E-state index is 0.194. The topological polar surface area (TPSA) is 55.8 Å². The van der Waals surface area contributed by atoms with Gasteiger partial charge in [-0.25, -0.2) is 9.59 Å². The molecule has 0 spiro atoms. The number of hydrogen-bond acceptors (Lipinski definition) is 4. The summed E-state index contributed by atoms with van der Waals surface area (Å²) in [4.78, 5) is 26.9. The summed E-state index contributed by atoms with van der Waals surface area (Å²) in [6.45, 7) is 6.35. The van der Waals surface area contributed by atoms with Crippen LogP contribution in [0.25, 0.3) is 0 Å². The largest absolute Gasteiger partial charge is 0.458 e. The third-order valence-corrected chi connectivity index (χ3v) is 4.98. The summed E-state index contributed by atoms with van der Waals surface area (Å²) in [6.07, 6.45) is 2.72. The molecule has 25 heavy (non-hydrogen) atoms. The predicted octanol–water partition coefficient (Wildman–Crippen LogP) is 3.77. The fourth-order valence-electron chi connectivity index (χ4n) is 3.96. The van der Waals surface area contributed by atoms with Crippen molar-refractivity contribution in [1.82, 2.24) is 4.90 Å². The summed E-state index contributed by atoms with van der Waals surface area (Å²) in [7, 11) is 0. The molecule has 0 N–H and O–H groups in total. The van der Waals surface area contributed by atoms with Gasteiger partial charge in [0.25, 0.3) is 0 Å². The van der Waals surface area contributed by atoms with Crippen LogP contribution in [0, 0.1) is 11.8 Å². The van der Waals surface area contributed by atoms with Crippen molar-refractivity contribution < 1.29 is 19.1 Å². The number of benzene rings is 1. The Morgan fingerprint density at radius 2 is 1.88 bits per heavy atom. The lowest BCUT2D eigenvalue weighted by Gasteiger charge is -2.29. The highest BCUT2D eigenvalue weighted by Gasteiger charge is 2.51. The van der Waals surface area contributed by atoms with E-state index in [0.29, 0.717) is 12.5 Å². The maximum absolute atomic E-state index is 12.7. The van der Waals surface area contributed by atoms with E-state index in [4.69, 9.17) is 9.47 Å². The Kier molecular flexibility index (Phi) is 5.02. The first kappa shape index (κ1) is 17.8. The molecule has 136 valence electrons. The van der Waals surface area contributed by atoms with Crippen molar-refractivity contribution in [2.24, 2.45) is 11.8 Å². The molecule has 3 rings (SSSR count). The summed E-state index contributed by atoms with van der Waals surface area (Å²) in [5.74, 6) is 0.263. The summed E-state index contributed by atoms with van der Waals surface area (Å²) < 4.78 is 11.1. The number of carbonyl (C=O) groups excluding carboxylic acids is 2. The number of esters is 1. The molecule has 2 fully saturated rings. The summed E-state index contributed by atoms with van der Waals surface area (Å²) in [5, 5.41) is 0. The lowest BCUT2D eigenvalue weighted by molar-refractivity contribution is -0.161. The van der Waals surface area contributed by atoms with Gasteiger partial charge in [0, 0.05) is 6.54 Å². The van der Waals surface area contributed by atoms with Gasteiger partial charge < -0.3 is 9.47 Å². The van der Waals surface area contributed by atoms with Gasteiger partial charge in [0.1, 0.15) is 18.2 Å². The van der Waals surface area contributed by atoms with Crippen LogP contribution in [-0.2, 0) is 20.9 Å². The Morgan fingerprint density at radius 1 is 1.16 bits per heavy atom. The van der Waals surface area contributed by atoms with Crippen molar-refractivity contribution in [1.29, 1.82) is 0 Å². The van der Waals surface area contributed by atoms with E-state index in [1.54, 1.807) is 4.90 Å². The highest BCUT2D eigenvalue weighted by Crippen LogP contribution is 2.43. The van der Waals surface area contributed by atoms with Crippen LogP contribution in [0.2, 0.25) is 0 Å². The van der Waals surface area contributed by atoms with Gasteiger partial charge in [-0.1, -0.05) is 36.8 Å². The monoisotopic (exact) mass is 345 g/mol. The zero-order valence-electron chi connectivity index (χ0n) is 15.2. The molecular weight excluding hydrogens is 318 g/mol. The number of likely N-dealkylation sites (tertiary alicyclic amines) is 1. The SMILES string of the molecule is CC(C)(C)OC(=O)C1[C@H]2CCCC2CN1C(=O)OCc1ccccc1. The van der Waals surface area contributed by atoms with Crippen LogP contribution in [-0.4, -0.2) is 35.2 Å². The summed E-state index contributed by atoms with van der Waals surface area (Å²) in [6, 6.07) is 9.05. The number of nitrogens with zero attached hydrogens (tertiary/aromatic N) is 1. The lowest BCUT2D eigenvalue weighted by atomic mass is 9.94. The minimum atomic E-state index is -0.562. The van der Waals surface area contributed by atoms with Gasteiger partial charge >= 0.3 is 12.1 Å². The molecule has 1 aliphatic carbocycles. The van der Waals surface area contributed by atoms with Gasteiger partial charge in [-0.2, -0.15) is 0 Å². The fraction of sp³-hybridized carbons (Fsp3) is 0.600. The van der Waals surface area contributed by atoms with Crippen molar-refractivity contribution in [3.05, 3.63) is 35.9 Å². The molecule has 3 atom stereocenters. The van der Waals surface area contributed by atoms with Gasteiger partial charge in [-0.05, 0) is 51.0 Å². The molecule has 1 aliphatic heterocycles. The van der Waals surface area contributed by atoms with E-state index in [9.17, 15) is 9.59 Å². The minimum Gasteiger partial charge on any atom is -0.458 e. The lowest BCUT2D eigenvalue weighted by Crippen LogP contribution is -2.46. The Balaban J connectivity index is 1.69. The van der Waals surface area contributed by atoms with Crippen molar-refractivity contribution in [3.63, 3.8) is 0 Å². The Labute approximate surface area is 149 Å². The number of hydrogen-bond donors (Lipinski definition) is 0. The van der Waals surface area contributed by atoms with Crippen molar-refractivity contribution in [2.75, 3.05) is 6.54 Å². The normalized spacial score (nSPS) is 25.6. The van der Waals surface area contributed by atoms with Gasteiger partial charge in [0.15, 0.2) is 0 Å². The van der Waals surface area contributed by atoms with Gasteiger partial charge in [-0.3, -0.25) is 4.90 Å². The number of rotatable bonds is 3. The zero-order valence-corrected chi connectivity index (χ0v) is 15.2. The summed E-state index contributed by atoms with van der Waals surface area (Å²) >= 11 is 0. The quantitative estimate of drug-likeness (QED) is 0.783. The molecule has 1 aromatic carbocycles. The van der Waals surface area contributed by atoms with E-state index in [2.05, 4.69) is 0 Å². The first-order valence-corrected chi connectivity index (χ1v) is 9.05. The van der Waals surface area contributed by atoms with Crippen LogP contribution in [0.3, 0.4) is 0 Å². The third kappa shape index (κ3) is 4.14. The summed E-state index contributed by atoms with van der Waals surface area (Å²) in [5.41, 5.74) is 0.372. The smallest absolute Gasteiger partial charge is 0.410 e. The Morgan fingerprint density at radius 3 is 2.56 bits per heavy atom. The number of carbonyl (C=O) groups is 2. The molecule has 0 aromatic heterocycles. The average Bonchev–Trinajstić information content (AvgIpc) is 3.12. The van der Waals surface area contributed by atoms with Crippen LogP contribution in [0.4, 0.5) is 4.79 Å². The molecule has 0 bridgehead atoms. The molecule has 5 nitrogen and oxygen atoms in total. The molecule has 1 saturated heterocycles. The maximum Gasteiger partial charge on any atom is 0.410 e. The number of ether oxygens (including phenoxy) is 2. The van der Waals surface area contributed by atoms with E-state index < -0.39 is 17.7 Å². The highest BCUT2D eigenvalue weighted by atomic mass is 16.6. The third-order valence-electron chi connectivity index (χ3n) is 4.98. The zero-order chi connectivity index (χ0) is 18.0. The predicted molar refractivity (Wildman–Crippen MR) is 93.8 cm³/mol. The first-order valence-electron chi connectivity index (χ1n) is 9.05. The van der Waals surface area contributed by atoms with Gasteiger partial charge in [0.05, 0.1) is 0 Å². The molecule has 5 heteroatoms. The van der Waals surface area contributed by atoms with E-state index >= 15 is 0 Å². The van der Waals surface area contributed by atoms with E-state index in [1.165, 1.54) is 0 Å². The average molecular weight is 345 g/mol. The van der Waals surface area contributed by atoms with E-state index in [0.717, 1.165) is 24.8 Å². The Hall–Kier alpha value is -2.04. The van der Waals surface area contributed by atoms with Crippen LogP contribution in [0.5, 0.6) is 0 Å². The van der Waals surface area contributed by atoms with Crippen LogP contribution >= 0.6 is 0 Å². The number of amides is 1. The maximum atomic E-state index is 12.7. The van der Waals surface area contributed by atoms with Crippen LogP contribution in [0.15, 0.2) is 30.3 Å². The second-order valence-corrected chi connectivity index (χ2v) is 8.03.